The number of nitrogens with two attached hydrogens (primary N) is 1. The van der Waals surface area contributed by atoms with Crippen molar-refractivity contribution in [2.75, 3.05) is 5.73 Å². The smallest absolute Gasteiger partial charge is 0.240 e. The Labute approximate surface area is 180 Å². The normalized spacial score (nSPS) is 15.4. The Morgan fingerprint density at radius 1 is 1.10 bits per heavy atom. The van der Waals surface area contributed by atoms with Crippen molar-refractivity contribution in [3.05, 3.63) is 41.2 Å². The van der Waals surface area contributed by atoms with Crippen LogP contribution in [0.2, 0.25) is 0 Å². The highest BCUT2D eigenvalue weighted by Gasteiger charge is 2.23. The number of hydrogen-bond acceptors (Lipinski definition) is 7. The van der Waals surface area contributed by atoms with Gasteiger partial charge in [-0.3, -0.25) is 0 Å². The quantitative estimate of drug-likeness (QED) is 0.615. The van der Waals surface area contributed by atoms with Crippen LogP contribution in [-0.4, -0.2) is 29.4 Å². The number of benzene rings is 1. The zero-order valence-electron chi connectivity index (χ0n) is 17.1. The molecule has 4 rings (SSSR count). The van der Waals surface area contributed by atoms with Crippen LogP contribution in [-0.2, 0) is 10.0 Å². The van der Waals surface area contributed by atoms with Crippen LogP contribution >= 0.6 is 11.3 Å². The molecule has 0 unspecified atom stereocenters. The van der Waals surface area contributed by atoms with E-state index < -0.39 is 10.0 Å². The highest BCUT2D eigenvalue weighted by Crippen LogP contribution is 2.32. The van der Waals surface area contributed by atoms with Gasteiger partial charge < -0.3 is 5.73 Å². The first-order chi connectivity index (χ1) is 14.3. The zero-order chi connectivity index (χ0) is 21.3. The number of hydrogen-bond donors (Lipinski definition) is 2. The largest absolute Gasteiger partial charge is 0.382 e. The van der Waals surface area contributed by atoms with Crippen molar-refractivity contribution < 1.29 is 8.42 Å². The van der Waals surface area contributed by atoms with Crippen LogP contribution in [0.25, 0.3) is 21.8 Å². The molecule has 30 heavy (non-hydrogen) atoms. The maximum atomic E-state index is 13.0. The molecule has 9 heteroatoms. The fraction of sp³-hybridized carbons (Fsp3) is 0.381. The van der Waals surface area contributed by atoms with Crippen LogP contribution in [0.4, 0.5) is 5.82 Å². The average Bonchev–Trinajstić information content (AvgIpc) is 3.15. The van der Waals surface area contributed by atoms with Crippen molar-refractivity contribution in [1.29, 1.82) is 0 Å². The number of nitrogens with zero attached hydrogens (tertiary/aromatic N) is 3. The Hall–Kier alpha value is -2.36. The Morgan fingerprint density at radius 3 is 2.57 bits per heavy atom. The van der Waals surface area contributed by atoms with Crippen LogP contribution in [0.3, 0.4) is 0 Å². The van der Waals surface area contributed by atoms with Gasteiger partial charge in [-0.1, -0.05) is 25.3 Å². The van der Waals surface area contributed by atoms with Crippen molar-refractivity contribution in [3.8, 4) is 21.8 Å². The van der Waals surface area contributed by atoms with Gasteiger partial charge in [0, 0.05) is 17.8 Å². The molecule has 2 aromatic heterocycles. The molecule has 1 aliphatic carbocycles. The van der Waals surface area contributed by atoms with Gasteiger partial charge in [-0.15, -0.1) is 11.3 Å². The van der Waals surface area contributed by atoms with Gasteiger partial charge in [0.05, 0.1) is 26.7 Å². The summed E-state index contributed by atoms with van der Waals surface area (Å²) in [5.74, 6) is 0.322. The van der Waals surface area contributed by atoms with Gasteiger partial charge in [-0.25, -0.2) is 28.1 Å². The first-order valence-corrected chi connectivity index (χ1v) is 12.3. The molecule has 1 aromatic carbocycles. The van der Waals surface area contributed by atoms with Crippen molar-refractivity contribution in [2.24, 2.45) is 0 Å². The number of sulfonamides is 1. The second-order valence-electron chi connectivity index (χ2n) is 7.67. The lowest BCUT2D eigenvalue weighted by Crippen LogP contribution is -2.36. The third-order valence-corrected chi connectivity index (χ3v) is 7.82. The van der Waals surface area contributed by atoms with Gasteiger partial charge in [0.1, 0.15) is 5.69 Å². The molecular weight excluding hydrogens is 418 g/mol. The molecule has 1 aliphatic rings. The Morgan fingerprint density at radius 2 is 1.87 bits per heavy atom. The van der Waals surface area contributed by atoms with Crippen LogP contribution in [0.5, 0.6) is 0 Å². The van der Waals surface area contributed by atoms with Gasteiger partial charge in [-0.05, 0) is 44.4 Å². The lowest BCUT2D eigenvalue weighted by atomic mass is 9.96. The monoisotopic (exact) mass is 443 g/mol. The van der Waals surface area contributed by atoms with Crippen molar-refractivity contribution >= 4 is 27.2 Å². The molecule has 0 aliphatic heterocycles. The summed E-state index contributed by atoms with van der Waals surface area (Å²) in [5, 5.41) is 0.912. The molecule has 0 atom stereocenters. The number of nitrogens with one attached hydrogen (secondary N) is 1. The SMILES string of the molecule is Cc1ncc(-c2nc(-c3cc(S(=O)(=O)NC4CCCCC4)ccc3C)cnc2N)s1. The predicted molar refractivity (Wildman–Crippen MR) is 120 cm³/mol. The highest BCUT2D eigenvalue weighted by atomic mass is 32.2. The third kappa shape index (κ3) is 4.38. The van der Waals surface area contributed by atoms with Crippen LogP contribution in [0, 0.1) is 13.8 Å². The van der Waals surface area contributed by atoms with Crippen LogP contribution < -0.4 is 10.5 Å². The van der Waals surface area contributed by atoms with E-state index in [0.717, 1.165) is 46.7 Å². The minimum absolute atomic E-state index is 0.00555. The van der Waals surface area contributed by atoms with E-state index in [1.807, 2.05) is 13.8 Å². The number of nitrogen functional groups attached to an aromatic ring is 1. The van der Waals surface area contributed by atoms with Crippen molar-refractivity contribution in [2.45, 2.75) is 56.9 Å². The minimum Gasteiger partial charge on any atom is -0.382 e. The van der Waals surface area contributed by atoms with E-state index >= 15 is 0 Å². The minimum atomic E-state index is -3.61. The van der Waals surface area contributed by atoms with E-state index in [4.69, 9.17) is 10.7 Å². The molecule has 0 spiro atoms. The van der Waals surface area contributed by atoms with Gasteiger partial charge in [0.2, 0.25) is 10.0 Å². The first kappa shape index (κ1) is 20.9. The summed E-state index contributed by atoms with van der Waals surface area (Å²) in [7, 11) is -3.61. The number of thiazole rings is 1. The van der Waals surface area contributed by atoms with E-state index in [1.165, 1.54) is 17.8 Å². The molecule has 7 nitrogen and oxygen atoms in total. The standard InChI is InChI=1S/C21H25N5O2S2/c1-13-8-9-16(30(27,28)26-15-6-4-3-5-7-15)10-17(13)18-11-24-21(22)20(25-18)19-12-23-14(2)29-19/h8-12,15,26H,3-7H2,1-2H3,(H2,22,24). The van der Waals surface area contributed by atoms with Gasteiger partial charge in [0.15, 0.2) is 5.82 Å². The molecule has 1 fully saturated rings. The molecule has 2 heterocycles. The van der Waals surface area contributed by atoms with E-state index in [0.29, 0.717) is 17.2 Å². The van der Waals surface area contributed by atoms with Crippen molar-refractivity contribution in [3.63, 3.8) is 0 Å². The highest BCUT2D eigenvalue weighted by molar-refractivity contribution is 7.89. The summed E-state index contributed by atoms with van der Waals surface area (Å²) in [6.45, 7) is 3.84. The Balaban J connectivity index is 1.70. The van der Waals surface area contributed by atoms with Gasteiger partial charge in [-0.2, -0.15) is 0 Å². The molecule has 3 aromatic rings. The summed E-state index contributed by atoms with van der Waals surface area (Å²) < 4.78 is 28.8. The lowest BCUT2D eigenvalue weighted by Gasteiger charge is -2.22. The summed E-state index contributed by atoms with van der Waals surface area (Å²) in [6.07, 6.45) is 8.38. The Bertz CT molecular complexity index is 1170. The molecule has 1 saturated carbocycles. The summed E-state index contributed by atoms with van der Waals surface area (Å²) in [6, 6.07) is 5.12. The molecular formula is C21H25N5O2S2. The fourth-order valence-electron chi connectivity index (χ4n) is 3.73. The molecule has 3 N–H and O–H groups in total. The molecule has 158 valence electrons. The second kappa shape index (κ2) is 8.41. The molecule has 0 radical (unpaired) electrons. The third-order valence-electron chi connectivity index (χ3n) is 5.38. The molecule has 0 amide bonds. The fourth-order valence-corrected chi connectivity index (χ4v) is 5.84. The van der Waals surface area contributed by atoms with Crippen LogP contribution in [0.1, 0.15) is 42.7 Å². The average molecular weight is 444 g/mol. The van der Waals surface area contributed by atoms with E-state index in [1.54, 1.807) is 30.6 Å². The van der Waals surface area contributed by atoms with Gasteiger partial charge in [0.25, 0.3) is 0 Å². The number of rotatable bonds is 5. The van der Waals surface area contributed by atoms with E-state index in [-0.39, 0.29) is 10.9 Å². The zero-order valence-corrected chi connectivity index (χ0v) is 18.7. The molecule has 0 bridgehead atoms. The summed E-state index contributed by atoms with van der Waals surface area (Å²) in [4.78, 5) is 14.3. The maximum absolute atomic E-state index is 13.0. The Kier molecular flexibility index (Phi) is 5.86. The predicted octanol–water partition coefficient (Wildman–Crippen LogP) is 4.08. The number of aryl methyl sites for hydroxylation is 2. The first-order valence-electron chi connectivity index (χ1n) is 10.0. The van der Waals surface area contributed by atoms with Crippen molar-refractivity contribution in [1.82, 2.24) is 19.7 Å². The van der Waals surface area contributed by atoms with Crippen LogP contribution in [0.15, 0.2) is 35.5 Å². The molecule has 0 saturated heterocycles. The van der Waals surface area contributed by atoms with E-state index in [9.17, 15) is 8.42 Å². The maximum Gasteiger partial charge on any atom is 0.240 e. The number of aromatic nitrogens is 3. The summed E-state index contributed by atoms with van der Waals surface area (Å²) >= 11 is 1.49. The lowest BCUT2D eigenvalue weighted by molar-refractivity contribution is 0.412. The topological polar surface area (TPSA) is 111 Å². The number of anilines is 1. The van der Waals surface area contributed by atoms with Gasteiger partial charge >= 0.3 is 0 Å². The summed E-state index contributed by atoms with van der Waals surface area (Å²) in [5.41, 5.74) is 8.82. The van der Waals surface area contributed by atoms with E-state index in [2.05, 4.69) is 14.7 Å². The second-order valence-corrected chi connectivity index (χ2v) is 10.6.